The lowest BCUT2D eigenvalue weighted by molar-refractivity contribution is 0.0930. The number of thiazole rings is 1. The number of hydrogen-bond donors (Lipinski definition) is 1. The first kappa shape index (κ1) is 15.3. The molecule has 4 rings (SSSR count). The summed E-state index contributed by atoms with van der Waals surface area (Å²) in [5.41, 5.74) is 1.29. The predicted molar refractivity (Wildman–Crippen MR) is 88.1 cm³/mol. The highest BCUT2D eigenvalue weighted by Gasteiger charge is 2.18. The van der Waals surface area contributed by atoms with E-state index in [1.54, 1.807) is 22.2 Å². The van der Waals surface area contributed by atoms with Crippen LogP contribution in [0, 0.1) is 0 Å². The quantitative estimate of drug-likeness (QED) is 0.723. The zero-order valence-electron chi connectivity index (χ0n) is 13.1. The van der Waals surface area contributed by atoms with E-state index in [-0.39, 0.29) is 12.0 Å². The van der Waals surface area contributed by atoms with Gasteiger partial charge in [0.05, 0.1) is 24.5 Å². The molecular weight excluding hydrogens is 328 g/mol. The van der Waals surface area contributed by atoms with Gasteiger partial charge in [-0.05, 0) is 12.8 Å². The second kappa shape index (κ2) is 6.70. The Hall–Kier alpha value is -2.26. The van der Waals surface area contributed by atoms with Gasteiger partial charge in [0.15, 0.2) is 10.7 Å². The largest absolute Gasteiger partial charge is 0.376 e. The summed E-state index contributed by atoms with van der Waals surface area (Å²) in [7, 11) is 0. The highest BCUT2D eigenvalue weighted by molar-refractivity contribution is 7.15. The standard InChI is InChI=1S/C15H18N6O2S/c22-14(13-10-21(19-18-13)9-12-2-1-6-23-12)16-4-3-11-8-20-5-7-24-15(20)17-11/h5,7-8,10,12H,1-4,6,9H2,(H,16,22)/t12-/m1/s1. The van der Waals surface area contributed by atoms with Crippen molar-refractivity contribution in [2.75, 3.05) is 13.2 Å². The first-order valence-corrected chi connectivity index (χ1v) is 8.87. The first-order valence-electron chi connectivity index (χ1n) is 7.99. The minimum atomic E-state index is -0.213. The minimum Gasteiger partial charge on any atom is -0.376 e. The van der Waals surface area contributed by atoms with Crippen LogP contribution in [0.3, 0.4) is 0 Å². The lowest BCUT2D eigenvalue weighted by Gasteiger charge is -2.07. The van der Waals surface area contributed by atoms with Crippen LogP contribution in [0.2, 0.25) is 0 Å². The molecule has 1 aliphatic heterocycles. The van der Waals surface area contributed by atoms with Crippen LogP contribution in [0.15, 0.2) is 24.0 Å². The maximum atomic E-state index is 12.1. The average molecular weight is 346 g/mol. The van der Waals surface area contributed by atoms with Crippen LogP contribution in [0.1, 0.15) is 29.0 Å². The average Bonchev–Trinajstić information content (AvgIpc) is 3.31. The number of fused-ring (bicyclic) bond motifs is 1. The molecule has 0 radical (unpaired) electrons. The molecule has 0 bridgehead atoms. The lowest BCUT2D eigenvalue weighted by atomic mass is 10.2. The second-order valence-electron chi connectivity index (χ2n) is 5.79. The first-order chi connectivity index (χ1) is 11.8. The molecule has 126 valence electrons. The van der Waals surface area contributed by atoms with E-state index in [9.17, 15) is 4.79 Å². The summed E-state index contributed by atoms with van der Waals surface area (Å²) in [4.78, 5) is 17.6. The SMILES string of the molecule is O=C(NCCc1cn2ccsc2n1)c1cn(C[C@H]2CCCO2)nn1. The number of hydrogen-bond acceptors (Lipinski definition) is 6. The fourth-order valence-electron chi connectivity index (χ4n) is 2.78. The Morgan fingerprint density at radius 1 is 1.46 bits per heavy atom. The lowest BCUT2D eigenvalue weighted by Crippen LogP contribution is -2.26. The Balaban J connectivity index is 1.28. The highest BCUT2D eigenvalue weighted by atomic mass is 32.1. The molecule has 0 spiro atoms. The van der Waals surface area contributed by atoms with E-state index in [0.717, 1.165) is 30.1 Å². The molecule has 0 saturated carbocycles. The van der Waals surface area contributed by atoms with E-state index >= 15 is 0 Å². The Morgan fingerprint density at radius 2 is 2.42 bits per heavy atom. The summed E-state index contributed by atoms with van der Waals surface area (Å²) in [5, 5.41) is 12.8. The van der Waals surface area contributed by atoms with Crippen LogP contribution in [-0.4, -0.2) is 49.5 Å². The van der Waals surface area contributed by atoms with Gasteiger partial charge < -0.3 is 10.1 Å². The molecule has 0 aliphatic carbocycles. The molecular formula is C15H18N6O2S. The van der Waals surface area contributed by atoms with Gasteiger partial charge in [0.2, 0.25) is 0 Å². The van der Waals surface area contributed by atoms with Crippen molar-refractivity contribution in [1.82, 2.24) is 29.7 Å². The molecule has 1 aliphatic rings. The Bertz CT molecular complexity index is 803. The zero-order chi connectivity index (χ0) is 16.4. The van der Waals surface area contributed by atoms with E-state index in [0.29, 0.717) is 25.2 Å². The number of ether oxygens (including phenoxy) is 1. The Morgan fingerprint density at radius 3 is 3.25 bits per heavy atom. The van der Waals surface area contributed by atoms with Crippen molar-refractivity contribution >= 4 is 22.2 Å². The van der Waals surface area contributed by atoms with E-state index in [1.165, 1.54) is 0 Å². The van der Waals surface area contributed by atoms with Gasteiger partial charge in [0, 0.05) is 37.3 Å². The van der Waals surface area contributed by atoms with Crippen molar-refractivity contribution in [3.8, 4) is 0 Å². The summed E-state index contributed by atoms with van der Waals surface area (Å²) in [6, 6.07) is 0. The van der Waals surface area contributed by atoms with Crippen molar-refractivity contribution in [1.29, 1.82) is 0 Å². The van der Waals surface area contributed by atoms with Gasteiger partial charge in [-0.1, -0.05) is 5.21 Å². The van der Waals surface area contributed by atoms with Crippen LogP contribution in [-0.2, 0) is 17.7 Å². The monoisotopic (exact) mass is 346 g/mol. The Labute approximate surface area is 142 Å². The molecule has 0 aromatic carbocycles. The fraction of sp³-hybridized carbons (Fsp3) is 0.467. The molecule has 0 unspecified atom stereocenters. The normalized spacial score (nSPS) is 17.6. The summed E-state index contributed by atoms with van der Waals surface area (Å²) < 4.78 is 9.22. The minimum absolute atomic E-state index is 0.178. The zero-order valence-corrected chi connectivity index (χ0v) is 13.9. The second-order valence-corrected chi connectivity index (χ2v) is 6.66. The van der Waals surface area contributed by atoms with Crippen LogP contribution in [0.5, 0.6) is 0 Å². The third kappa shape index (κ3) is 3.31. The third-order valence-electron chi connectivity index (χ3n) is 4.00. The number of amides is 1. The molecule has 9 heteroatoms. The van der Waals surface area contributed by atoms with Crippen LogP contribution in [0.4, 0.5) is 0 Å². The summed E-state index contributed by atoms with van der Waals surface area (Å²) >= 11 is 1.59. The van der Waals surface area contributed by atoms with E-state index in [2.05, 4.69) is 20.6 Å². The molecule has 3 aromatic rings. The number of imidazole rings is 1. The number of nitrogens with zero attached hydrogens (tertiary/aromatic N) is 5. The smallest absolute Gasteiger partial charge is 0.273 e. The summed E-state index contributed by atoms with van der Waals surface area (Å²) in [6.45, 7) is 1.96. The van der Waals surface area contributed by atoms with E-state index < -0.39 is 0 Å². The van der Waals surface area contributed by atoms with Crippen LogP contribution < -0.4 is 5.32 Å². The number of nitrogens with one attached hydrogen (secondary N) is 1. The number of carbonyl (C=O) groups excluding carboxylic acids is 1. The predicted octanol–water partition coefficient (Wildman–Crippen LogP) is 1.14. The van der Waals surface area contributed by atoms with E-state index in [4.69, 9.17) is 4.74 Å². The highest BCUT2D eigenvalue weighted by Crippen LogP contribution is 2.13. The molecule has 4 heterocycles. The van der Waals surface area contributed by atoms with Crippen molar-refractivity contribution < 1.29 is 9.53 Å². The van der Waals surface area contributed by atoms with Gasteiger partial charge >= 0.3 is 0 Å². The van der Waals surface area contributed by atoms with Crippen molar-refractivity contribution in [2.24, 2.45) is 0 Å². The fourth-order valence-corrected chi connectivity index (χ4v) is 3.50. The number of aromatic nitrogens is 5. The molecule has 1 saturated heterocycles. The molecule has 1 amide bonds. The molecule has 3 aromatic heterocycles. The van der Waals surface area contributed by atoms with Crippen molar-refractivity contribution in [3.05, 3.63) is 35.4 Å². The van der Waals surface area contributed by atoms with Crippen LogP contribution in [0.25, 0.3) is 4.96 Å². The van der Waals surface area contributed by atoms with Gasteiger partial charge in [-0.3, -0.25) is 9.20 Å². The molecule has 1 N–H and O–H groups in total. The van der Waals surface area contributed by atoms with E-state index in [1.807, 2.05) is 22.2 Å². The molecule has 24 heavy (non-hydrogen) atoms. The molecule has 8 nitrogen and oxygen atoms in total. The Kier molecular flexibility index (Phi) is 4.26. The topological polar surface area (TPSA) is 86.3 Å². The van der Waals surface area contributed by atoms with Crippen LogP contribution >= 0.6 is 11.3 Å². The summed E-state index contributed by atoms with van der Waals surface area (Å²) in [6.07, 6.45) is 8.60. The molecule has 1 atom stereocenters. The van der Waals surface area contributed by atoms with Gasteiger partial charge in [0.25, 0.3) is 5.91 Å². The van der Waals surface area contributed by atoms with Gasteiger partial charge in [-0.2, -0.15) is 0 Å². The van der Waals surface area contributed by atoms with Crippen molar-refractivity contribution in [3.63, 3.8) is 0 Å². The maximum absolute atomic E-state index is 12.1. The third-order valence-corrected chi connectivity index (χ3v) is 4.77. The number of rotatable bonds is 6. The van der Waals surface area contributed by atoms with Crippen molar-refractivity contribution in [2.45, 2.75) is 31.9 Å². The maximum Gasteiger partial charge on any atom is 0.273 e. The molecule has 1 fully saturated rings. The number of carbonyl (C=O) groups is 1. The van der Waals surface area contributed by atoms with Gasteiger partial charge in [-0.25, -0.2) is 9.67 Å². The van der Waals surface area contributed by atoms with Gasteiger partial charge in [-0.15, -0.1) is 16.4 Å². The summed E-state index contributed by atoms with van der Waals surface area (Å²) in [5.74, 6) is -0.213. The van der Waals surface area contributed by atoms with Gasteiger partial charge in [0.1, 0.15) is 0 Å².